The predicted molar refractivity (Wildman–Crippen MR) is 110 cm³/mol. The maximum Gasteiger partial charge on any atom is 0.258 e. The Kier molecular flexibility index (Phi) is 4.82. The van der Waals surface area contributed by atoms with Crippen molar-refractivity contribution >= 4 is 38.3 Å². The molecule has 0 spiro atoms. The zero-order valence-electron chi connectivity index (χ0n) is 15.7. The largest absolute Gasteiger partial charge is 0.493 e. The highest BCUT2D eigenvalue weighted by Gasteiger charge is 2.15. The molecule has 4 aromatic rings. The second-order valence-electron chi connectivity index (χ2n) is 6.09. The molecule has 1 aromatic carbocycles. The van der Waals surface area contributed by atoms with Crippen LogP contribution in [0.1, 0.15) is 12.7 Å². The second kappa shape index (κ2) is 7.43. The zero-order valence-corrected chi connectivity index (χ0v) is 16.5. The minimum Gasteiger partial charge on any atom is -0.493 e. The van der Waals surface area contributed by atoms with Crippen molar-refractivity contribution in [3.05, 3.63) is 46.1 Å². The Labute approximate surface area is 164 Å². The van der Waals surface area contributed by atoms with Crippen molar-refractivity contribution in [2.45, 2.75) is 13.5 Å². The van der Waals surface area contributed by atoms with E-state index in [4.69, 9.17) is 9.47 Å². The summed E-state index contributed by atoms with van der Waals surface area (Å²) in [5.41, 5.74) is 0.330. The van der Waals surface area contributed by atoms with Gasteiger partial charge in [0.05, 0.1) is 37.1 Å². The van der Waals surface area contributed by atoms with Gasteiger partial charge in [0.1, 0.15) is 22.8 Å². The van der Waals surface area contributed by atoms with E-state index in [1.807, 2.05) is 18.4 Å². The number of rotatable bonds is 6. The molecule has 8 nitrogen and oxygen atoms in total. The van der Waals surface area contributed by atoms with Gasteiger partial charge in [0.25, 0.3) is 5.56 Å². The number of nitrogens with zero attached hydrogens (tertiary/aromatic N) is 4. The highest BCUT2D eigenvalue weighted by Crippen LogP contribution is 2.30. The number of H-pyrrole nitrogens is 1. The van der Waals surface area contributed by atoms with Gasteiger partial charge < -0.3 is 19.4 Å². The summed E-state index contributed by atoms with van der Waals surface area (Å²) in [6, 6.07) is 5.36. The number of aromatic nitrogens is 4. The number of nitrogens with one attached hydrogen (secondary N) is 1. The predicted octanol–water partition coefficient (Wildman–Crippen LogP) is 2.97. The first-order valence-electron chi connectivity index (χ1n) is 8.72. The van der Waals surface area contributed by atoms with E-state index in [9.17, 15) is 4.79 Å². The summed E-state index contributed by atoms with van der Waals surface area (Å²) in [6.45, 7) is 3.15. The summed E-state index contributed by atoms with van der Waals surface area (Å²) in [6.07, 6.45) is 1.56. The average Bonchev–Trinajstić information content (AvgIpc) is 3.20. The molecule has 4 rings (SSSR count). The molecule has 9 heteroatoms. The van der Waals surface area contributed by atoms with E-state index < -0.39 is 0 Å². The second-order valence-corrected chi connectivity index (χ2v) is 6.98. The van der Waals surface area contributed by atoms with Gasteiger partial charge in [-0.25, -0.2) is 15.0 Å². The highest BCUT2D eigenvalue weighted by molar-refractivity contribution is 7.16. The molecule has 0 atom stereocenters. The molecule has 0 unspecified atom stereocenters. The van der Waals surface area contributed by atoms with Gasteiger partial charge in [0.15, 0.2) is 11.5 Å². The molecule has 0 aliphatic heterocycles. The molecule has 0 saturated heterocycles. The van der Waals surface area contributed by atoms with Crippen LogP contribution in [0.2, 0.25) is 0 Å². The van der Waals surface area contributed by atoms with Gasteiger partial charge >= 0.3 is 0 Å². The first-order valence-corrected chi connectivity index (χ1v) is 9.60. The maximum absolute atomic E-state index is 12.6. The summed E-state index contributed by atoms with van der Waals surface area (Å²) in [5.74, 6) is 2.39. The minimum absolute atomic E-state index is 0.222. The fourth-order valence-electron chi connectivity index (χ4n) is 3.14. The minimum atomic E-state index is -0.222. The molecule has 144 valence electrons. The monoisotopic (exact) mass is 397 g/mol. The number of benzene rings is 1. The smallest absolute Gasteiger partial charge is 0.258 e. The van der Waals surface area contributed by atoms with E-state index in [-0.39, 0.29) is 5.56 Å². The van der Waals surface area contributed by atoms with Gasteiger partial charge in [-0.05, 0) is 24.4 Å². The van der Waals surface area contributed by atoms with Crippen molar-refractivity contribution in [1.29, 1.82) is 0 Å². The molecule has 0 bridgehead atoms. The third kappa shape index (κ3) is 3.13. The lowest BCUT2D eigenvalue weighted by Gasteiger charge is -2.22. The van der Waals surface area contributed by atoms with Crippen molar-refractivity contribution in [2.75, 3.05) is 25.7 Å². The molecule has 3 aromatic heterocycles. The topological polar surface area (TPSA) is 93.2 Å². The Hall–Kier alpha value is -3.20. The van der Waals surface area contributed by atoms with Crippen LogP contribution in [0.25, 0.3) is 21.1 Å². The Bertz CT molecular complexity index is 1200. The average molecular weight is 397 g/mol. The van der Waals surface area contributed by atoms with Crippen LogP contribution in [-0.4, -0.2) is 40.7 Å². The normalized spacial score (nSPS) is 11.1. The Morgan fingerprint density at radius 2 is 1.93 bits per heavy atom. The molecule has 1 N–H and O–H groups in total. The molecule has 0 aliphatic rings. The van der Waals surface area contributed by atoms with Crippen LogP contribution in [0.15, 0.2) is 34.7 Å². The number of hydrogen-bond acceptors (Lipinski definition) is 8. The van der Waals surface area contributed by atoms with Crippen molar-refractivity contribution in [1.82, 2.24) is 19.9 Å². The van der Waals surface area contributed by atoms with Crippen LogP contribution in [0.5, 0.6) is 11.5 Å². The summed E-state index contributed by atoms with van der Waals surface area (Å²) in [5, 5.41) is 3.43. The molecule has 0 saturated carbocycles. The Balaban J connectivity index is 1.76. The lowest BCUT2D eigenvalue weighted by Crippen LogP contribution is -2.26. The van der Waals surface area contributed by atoms with Gasteiger partial charge in [0.2, 0.25) is 0 Å². The van der Waals surface area contributed by atoms with E-state index in [1.165, 1.54) is 7.11 Å². The van der Waals surface area contributed by atoms with Crippen LogP contribution in [0, 0.1) is 0 Å². The molecule has 0 amide bonds. The van der Waals surface area contributed by atoms with E-state index in [0.29, 0.717) is 41.3 Å². The number of hydrogen-bond donors (Lipinski definition) is 1. The van der Waals surface area contributed by atoms with Crippen LogP contribution < -0.4 is 19.9 Å². The van der Waals surface area contributed by atoms with Crippen molar-refractivity contribution in [3.8, 4) is 11.5 Å². The number of methoxy groups -OCH3 is 2. The molecule has 28 heavy (non-hydrogen) atoms. The van der Waals surface area contributed by atoms with Crippen LogP contribution in [0.3, 0.4) is 0 Å². The Morgan fingerprint density at radius 3 is 2.68 bits per heavy atom. The SMILES string of the molecule is CCN(Cc1nc2cc(OC)c(OC)cc2c(=O)[nH]1)c1ncnc2sccc12. The van der Waals surface area contributed by atoms with Crippen LogP contribution in [0.4, 0.5) is 5.82 Å². The highest BCUT2D eigenvalue weighted by atomic mass is 32.1. The number of aromatic amines is 1. The molecule has 3 heterocycles. The molecule has 0 aliphatic carbocycles. The van der Waals surface area contributed by atoms with Crippen LogP contribution >= 0.6 is 11.3 Å². The zero-order chi connectivity index (χ0) is 19.7. The lowest BCUT2D eigenvalue weighted by atomic mass is 10.2. The summed E-state index contributed by atoms with van der Waals surface area (Å²) in [4.78, 5) is 31.8. The maximum atomic E-state index is 12.6. The number of fused-ring (bicyclic) bond motifs is 2. The van der Waals surface area contributed by atoms with E-state index in [2.05, 4.69) is 24.8 Å². The van der Waals surface area contributed by atoms with Crippen molar-refractivity contribution < 1.29 is 9.47 Å². The van der Waals surface area contributed by atoms with Crippen LogP contribution in [-0.2, 0) is 6.54 Å². The standard InChI is InChI=1S/C19H19N5O3S/c1-4-24(17-11-5-6-28-19(11)21-10-20-17)9-16-22-13-8-15(27-3)14(26-2)7-12(13)18(25)23-16/h5-8,10H,4,9H2,1-3H3,(H,22,23,25). The number of thiophene rings is 1. The van der Waals surface area contributed by atoms with Gasteiger partial charge in [-0.1, -0.05) is 0 Å². The summed E-state index contributed by atoms with van der Waals surface area (Å²) < 4.78 is 10.6. The molecular weight excluding hydrogens is 378 g/mol. The molecule has 0 fully saturated rings. The van der Waals surface area contributed by atoms with Gasteiger partial charge in [-0.2, -0.15) is 0 Å². The third-order valence-corrected chi connectivity index (χ3v) is 5.34. The van der Waals surface area contributed by atoms with Gasteiger partial charge in [-0.3, -0.25) is 4.79 Å². The van der Waals surface area contributed by atoms with Crippen molar-refractivity contribution in [2.24, 2.45) is 0 Å². The fourth-order valence-corrected chi connectivity index (χ4v) is 3.86. The van der Waals surface area contributed by atoms with Gasteiger partial charge in [-0.15, -0.1) is 11.3 Å². The van der Waals surface area contributed by atoms with Gasteiger partial charge in [0, 0.05) is 12.6 Å². The first kappa shape index (κ1) is 18.2. The molecule has 0 radical (unpaired) electrons. The quantitative estimate of drug-likeness (QED) is 0.535. The van der Waals surface area contributed by atoms with E-state index >= 15 is 0 Å². The number of ether oxygens (including phenoxy) is 2. The van der Waals surface area contributed by atoms with Crippen molar-refractivity contribution in [3.63, 3.8) is 0 Å². The number of anilines is 1. The van der Waals surface area contributed by atoms with E-state index in [0.717, 1.165) is 16.0 Å². The first-order chi connectivity index (χ1) is 13.6. The fraction of sp³-hybridized carbons (Fsp3) is 0.263. The van der Waals surface area contributed by atoms with E-state index in [1.54, 1.807) is 36.9 Å². The Morgan fingerprint density at radius 1 is 1.14 bits per heavy atom. The summed E-state index contributed by atoms with van der Waals surface area (Å²) in [7, 11) is 3.09. The molecular formula is C19H19N5O3S. The summed E-state index contributed by atoms with van der Waals surface area (Å²) >= 11 is 1.57. The third-order valence-electron chi connectivity index (χ3n) is 4.52. The lowest BCUT2D eigenvalue weighted by molar-refractivity contribution is 0.355.